The zero-order valence-electron chi connectivity index (χ0n) is 16.7. The molecule has 0 bridgehead atoms. The molecule has 1 aromatic rings. The van der Waals surface area contributed by atoms with E-state index in [-0.39, 0.29) is 29.9 Å². The van der Waals surface area contributed by atoms with Crippen LogP contribution in [0.25, 0.3) is 0 Å². The lowest BCUT2D eigenvalue weighted by Crippen LogP contribution is -2.49. The number of ether oxygens (including phenoxy) is 1. The average Bonchev–Trinajstić information content (AvgIpc) is 2.71. The Kier molecular flexibility index (Phi) is 11.6. The number of carbonyl (C=O) groups is 1. The van der Waals surface area contributed by atoms with Gasteiger partial charge in [-0.25, -0.2) is 0 Å². The number of hydrogen-bond donors (Lipinski definition) is 3. The third-order valence-electron chi connectivity index (χ3n) is 4.57. The molecule has 1 amide bonds. The Morgan fingerprint density at radius 1 is 1.36 bits per heavy atom. The Balaban J connectivity index is 0.00000392. The summed E-state index contributed by atoms with van der Waals surface area (Å²) in [5.41, 5.74) is 1.07. The molecule has 1 aromatic carbocycles. The first-order valence-corrected chi connectivity index (χ1v) is 9.38. The zero-order chi connectivity index (χ0) is 19.5. The van der Waals surface area contributed by atoms with Crippen molar-refractivity contribution in [1.29, 1.82) is 0 Å². The highest BCUT2D eigenvalue weighted by atomic mass is 127. The lowest BCUT2D eigenvalue weighted by molar-refractivity contribution is -0.122. The van der Waals surface area contributed by atoms with E-state index in [0.29, 0.717) is 25.7 Å². The van der Waals surface area contributed by atoms with Crippen molar-refractivity contribution in [3.05, 3.63) is 42.5 Å². The van der Waals surface area contributed by atoms with Crippen LogP contribution in [0.2, 0.25) is 0 Å². The smallest absolute Gasteiger partial charge is 0.233 e. The molecule has 1 aliphatic rings. The van der Waals surface area contributed by atoms with E-state index in [1.54, 1.807) is 20.2 Å². The Morgan fingerprint density at radius 2 is 2.07 bits per heavy atom. The van der Waals surface area contributed by atoms with Gasteiger partial charge >= 0.3 is 0 Å². The second-order valence-electron chi connectivity index (χ2n) is 6.50. The molecule has 0 unspecified atom stereocenters. The predicted molar refractivity (Wildman–Crippen MR) is 124 cm³/mol. The monoisotopic (exact) mass is 501 g/mol. The number of halogens is 1. The number of benzene rings is 1. The van der Waals surface area contributed by atoms with Crippen LogP contribution in [0.5, 0.6) is 5.75 Å². The van der Waals surface area contributed by atoms with Crippen molar-refractivity contribution in [2.75, 3.05) is 40.3 Å². The number of aliphatic imine (C=N–C) groups is 1. The van der Waals surface area contributed by atoms with Crippen molar-refractivity contribution < 1.29 is 9.53 Å². The molecule has 0 saturated carbocycles. The number of piperidine rings is 1. The summed E-state index contributed by atoms with van der Waals surface area (Å²) < 4.78 is 5.70. The maximum Gasteiger partial charge on any atom is 0.233 e. The molecular formula is C20H32IN5O2. The molecule has 7 nitrogen and oxygen atoms in total. The highest BCUT2D eigenvalue weighted by Crippen LogP contribution is 2.17. The molecule has 0 aliphatic carbocycles. The Bertz CT molecular complexity index is 645. The number of likely N-dealkylation sites (N-methyl/N-ethyl adjacent to an activating group) is 1. The van der Waals surface area contributed by atoms with E-state index < -0.39 is 0 Å². The maximum atomic E-state index is 11.5. The molecule has 0 atom stereocenters. The van der Waals surface area contributed by atoms with Gasteiger partial charge in [0, 0.05) is 45.3 Å². The number of rotatable bonds is 8. The fourth-order valence-corrected chi connectivity index (χ4v) is 3.02. The molecule has 1 aliphatic heterocycles. The Hall–Kier alpha value is -1.81. The average molecular weight is 501 g/mol. The second kappa shape index (κ2) is 13.4. The summed E-state index contributed by atoms with van der Waals surface area (Å²) >= 11 is 0. The van der Waals surface area contributed by atoms with Gasteiger partial charge in [0.1, 0.15) is 12.4 Å². The minimum Gasteiger partial charge on any atom is -0.489 e. The summed E-state index contributed by atoms with van der Waals surface area (Å²) in [4.78, 5) is 18.0. The van der Waals surface area contributed by atoms with Crippen LogP contribution in [0.1, 0.15) is 18.4 Å². The number of hydrogen-bond acceptors (Lipinski definition) is 4. The Labute approximate surface area is 185 Å². The van der Waals surface area contributed by atoms with Crippen LogP contribution in [-0.4, -0.2) is 63.1 Å². The fraction of sp³-hybridized carbons (Fsp3) is 0.500. The molecule has 1 fully saturated rings. The highest BCUT2D eigenvalue weighted by molar-refractivity contribution is 14.0. The standard InChI is InChI=1S/C20H31N5O2.HI/c1-4-13-27-18-8-6-5-7-16(18)14-23-20(22-3)24-17-9-11-25(12-10-17)15-19(26)21-2;/h4-8,17H,1,9-15H2,2-3H3,(H,21,26)(H2,22,23,24);1H. The molecule has 156 valence electrons. The number of guanidine groups is 1. The summed E-state index contributed by atoms with van der Waals surface area (Å²) in [5.74, 6) is 1.69. The summed E-state index contributed by atoms with van der Waals surface area (Å²) in [7, 11) is 3.45. The third-order valence-corrected chi connectivity index (χ3v) is 4.57. The fourth-order valence-electron chi connectivity index (χ4n) is 3.02. The van der Waals surface area contributed by atoms with E-state index in [2.05, 4.69) is 32.4 Å². The van der Waals surface area contributed by atoms with E-state index >= 15 is 0 Å². The largest absolute Gasteiger partial charge is 0.489 e. The van der Waals surface area contributed by atoms with E-state index in [0.717, 1.165) is 43.2 Å². The van der Waals surface area contributed by atoms with Gasteiger partial charge in [0.15, 0.2) is 5.96 Å². The molecule has 0 aromatic heterocycles. The first-order valence-electron chi connectivity index (χ1n) is 9.38. The second-order valence-corrected chi connectivity index (χ2v) is 6.50. The first kappa shape index (κ1) is 24.2. The quantitative estimate of drug-likeness (QED) is 0.219. The minimum absolute atomic E-state index is 0. The van der Waals surface area contributed by atoms with Crippen LogP contribution in [0.4, 0.5) is 0 Å². The lowest BCUT2D eigenvalue weighted by atomic mass is 10.1. The van der Waals surface area contributed by atoms with Gasteiger partial charge in [-0.1, -0.05) is 30.9 Å². The molecule has 8 heteroatoms. The predicted octanol–water partition coefficient (Wildman–Crippen LogP) is 1.74. The van der Waals surface area contributed by atoms with Gasteiger partial charge in [-0.2, -0.15) is 0 Å². The van der Waals surface area contributed by atoms with Crippen LogP contribution in [-0.2, 0) is 11.3 Å². The number of para-hydroxylation sites is 1. The van der Waals surface area contributed by atoms with E-state index in [4.69, 9.17) is 4.74 Å². The summed E-state index contributed by atoms with van der Waals surface area (Å²) in [5, 5.41) is 9.51. The van der Waals surface area contributed by atoms with Crippen LogP contribution >= 0.6 is 24.0 Å². The summed E-state index contributed by atoms with van der Waals surface area (Å²) in [6.45, 7) is 7.08. The number of likely N-dealkylation sites (tertiary alicyclic amines) is 1. The van der Waals surface area contributed by atoms with Gasteiger partial charge in [-0.05, 0) is 18.9 Å². The first-order chi connectivity index (χ1) is 13.2. The maximum absolute atomic E-state index is 11.5. The van der Waals surface area contributed by atoms with Gasteiger partial charge in [-0.3, -0.25) is 14.7 Å². The highest BCUT2D eigenvalue weighted by Gasteiger charge is 2.21. The van der Waals surface area contributed by atoms with Crippen molar-refractivity contribution in [3.8, 4) is 5.75 Å². The minimum atomic E-state index is 0. The summed E-state index contributed by atoms with van der Waals surface area (Å²) in [6.07, 6.45) is 3.70. The van der Waals surface area contributed by atoms with Gasteiger partial charge in [0.05, 0.1) is 6.54 Å². The van der Waals surface area contributed by atoms with Crippen molar-refractivity contribution in [2.45, 2.75) is 25.4 Å². The number of nitrogens with one attached hydrogen (secondary N) is 3. The number of nitrogens with zero attached hydrogens (tertiary/aromatic N) is 2. The SMILES string of the molecule is C=CCOc1ccccc1CNC(=NC)NC1CCN(CC(=O)NC)CC1.I. The lowest BCUT2D eigenvalue weighted by Gasteiger charge is -2.32. The van der Waals surface area contributed by atoms with Crippen LogP contribution in [0.15, 0.2) is 41.9 Å². The number of amides is 1. The topological polar surface area (TPSA) is 78.0 Å². The van der Waals surface area contributed by atoms with E-state index in [9.17, 15) is 4.79 Å². The van der Waals surface area contributed by atoms with Crippen molar-refractivity contribution in [1.82, 2.24) is 20.9 Å². The van der Waals surface area contributed by atoms with Gasteiger partial charge in [0.25, 0.3) is 0 Å². The van der Waals surface area contributed by atoms with Crippen molar-refractivity contribution in [3.63, 3.8) is 0 Å². The van der Waals surface area contributed by atoms with Gasteiger partial charge in [0.2, 0.25) is 5.91 Å². The van der Waals surface area contributed by atoms with Gasteiger partial charge in [-0.15, -0.1) is 24.0 Å². The molecule has 28 heavy (non-hydrogen) atoms. The zero-order valence-corrected chi connectivity index (χ0v) is 19.1. The molecule has 3 N–H and O–H groups in total. The molecule has 2 rings (SSSR count). The number of carbonyl (C=O) groups excluding carboxylic acids is 1. The molecular weight excluding hydrogens is 469 g/mol. The molecule has 1 heterocycles. The van der Waals surface area contributed by atoms with Crippen LogP contribution < -0.4 is 20.7 Å². The Morgan fingerprint density at radius 3 is 2.71 bits per heavy atom. The normalized spacial score (nSPS) is 15.3. The van der Waals surface area contributed by atoms with E-state index in [1.165, 1.54) is 0 Å². The van der Waals surface area contributed by atoms with E-state index in [1.807, 2.05) is 24.3 Å². The van der Waals surface area contributed by atoms with Crippen molar-refractivity contribution in [2.24, 2.45) is 4.99 Å². The summed E-state index contributed by atoms with van der Waals surface area (Å²) in [6, 6.07) is 8.30. The van der Waals surface area contributed by atoms with Crippen LogP contribution in [0.3, 0.4) is 0 Å². The van der Waals surface area contributed by atoms with Crippen LogP contribution in [0, 0.1) is 0 Å². The molecule has 0 radical (unpaired) electrons. The molecule has 0 spiro atoms. The van der Waals surface area contributed by atoms with Gasteiger partial charge < -0.3 is 20.7 Å². The van der Waals surface area contributed by atoms with Crippen molar-refractivity contribution >= 4 is 35.8 Å². The molecule has 1 saturated heterocycles. The third kappa shape index (κ3) is 8.05.